The number of benzene rings is 2. The van der Waals surface area contributed by atoms with Gasteiger partial charge in [-0.2, -0.15) is 0 Å². The lowest BCUT2D eigenvalue weighted by atomic mass is 9.83. The SMILES string of the molecule is CCCCCCc1c(CCCCCC)c(CCCCCC)c2c(c1CCCCCC)Oc1c(CCCCCC)c(O)c(O)c(CCCCCC)c1O2. The van der Waals surface area contributed by atoms with Gasteiger partial charge in [-0.05, 0) is 88.2 Å². The number of aromatic hydroxyl groups is 2. The van der Waals surface area contributed by atoms with Crippen LogP contribution in [0, 0.1) is 0 Å². The van der Waals surface area contributed by atoms with Crippen LogP contribution in [-0.2, 0) is 38.5 Å². The van der Waals surface area contributed by atoms with E-state index in [9.17, 15) is 10.2 Å². The summed E-state index contributed by atoms with van der Waals surface area (Å²) in [6, 6.07) is 0. The highest BCUT2D eigenvalue weighted by Crippen LogP contribution is 2.58. The second kappa shape index (κ2) is 25.6. The molecule has 296 valence electrons. The molecule has 2 aromatic rings. The highest BCUT2D eigenvalue weighted by Gasteiger charge is 2.35. The molecule has 0 amide bonds. The van der Waals surface area contributed by atoms with Crippen molar-refractivity contribution < 1.29 is 19.7 Å². The molecule has 1 heterocycles. The fourth-order valence-electron chi connectivity index (χ4n) is 8.29. The first-order valence-electron chi connectivity index (χ1n) is 22.6. The third-order valence-electron chi connectivity index (χ3n) is 11.5. The maximum Gasteiger partial charge on any atom is 0.177 e. The van der Waals surface area contributed by atoms with E-state index >= 15 is 0 Å². The molecule has 0 aliphatic carbocycles. The fraction of sp³-hybridized carbons (Fsp3) is 0.750. The van der Waals surface area contributed by atoms with E-state index in [1.807, 2.05) is 0 Å². The molecular weight excluding hydrogens is 641 g/mol. The summed E-state index contributed by atoms with van der Waals surface area (Å²) in [4.78, 5) is 0. The highest BCUT2D eigenvalue weighted by molar-refractivity contribution is 5.72. The first-order valence-corrected chi connectivity index (χ1v) is 22.6. The van der Waals surface area contributed by atoms with Crippen LogP contribution in [0.15, 0.2) is 0 Å². The maximum atomic E-state index is 11.7. The molecular formula is C48H80O4. The van der Waals surface area contributed by atoms with Crippen molar-refractivity contribution in [3.05, 3.63) is 33.4 Å². The molecule has 0 spiro atoms. The first kappa shape index (κ1) is 44.0. The quantitative estimate of drug-likeness (QED) is 0.0532. The highest BCUT2D eigenvalue weighted by atomic mass is 16.6. The minimum atomic E-state index is 0.00408. The van der Waals surface area contributed by atoms with Crippen LogP contribution < -0.4 is 9.47 Å². The number of hydrogen-bond acceptors (Lipinski definition) is 4. The van der Waals surface area contributed by atoms with E-state index in [0.717, 1.165) is 113 Å². The van der Waals surface area contributed by atoms with Gasteiger partial charge >= 0.3 is 0 Å². The first-order chi connectivity index (χ1) is 25.5. The van der Waals surface area contributed by atoms with Crippen LogP contribution in [0.2, 0.25) is 0 Å². The van der Waals surface area contributed by atoms with Gasteiger partial charge < -0.3 is 19.7 Å². The standard InChI is InChI=1S/C48H80O4/c1-7-13-19-25-31-37-38(32-26-20-14-8-2)40(34-28-22-16-10-4)46-45(39(37)33-27-21-15-9-3)51-47-41(35-29-23-17-11-5)43(49)44(50)42(48(47)52-46)36-30-24-18-12-6/h49-50H,7-36H2,1-6H3. The minimum Gasteiger partial charge on any atom is -0.504 e. The summed E-state index contributed by atoms with van der Waals surface area (Å²) >= 11 is 0. The van der Waals surface area contributed by atoms with Crippen molar-refractivity contribution in [1.29, 1.82) is 0 Å². The Bertz CT molecular complexity index is 1200. The number of unbranched alkanes of at least 4 members (excludes halogenated alkanes) is 18. The molecule has 52 heavy (non-hydrogen) atoms. The second-order valence-electron chi connectivity index (χ2n) is 16.0. The third kappa shape index (κ3) is 12.9. The van der Waals surface area contributed by atoms with Crippen LogP contribution >= 0.6 is 0 Å². The van der Waals surface area contributed by atoms with Crippen molar-refractivity contribution in [2.75, 3.05) is 0 Å². The van der Waals surface area contributed by atoms with Crippen LogP contribution in [0.5, 0.6) is 34.5 Å². The van der Waals surface area contributed by atoms with Gasteiger partial charge in [-0.3, -0.25) is 0 Å². The molecule has 4 heteroatoms. The van der Waals surface area contributed by atoms with Crippen molar-refractivity contribution in [1.82, 2.24) is 0 Å². The van der Waals surface area contributed by atoms with Crippen LogP contribution in [-0.4, -0.2) is 10.2 Å². The Morgan fingerprint density at radius 1 is 0.269 bits per heavy atom. The Kier molecular flexibility index (Phi) is 21.7. The van der Waals surface area contributed by atoms with Gasteiger partial charge in [-0.15, -0.1) is 0 Å². The summed E-state index contributed by atoms with van der Waals surface area (Å²) in [6.07, 6.45) is 34.0. The number of phenolic OH excluding ortho intramolecular Hbond substituents is 2. The number of hydrogen-bond donors (Lipinski definition) is 2. The lowest BCUT2D eigenvalue weighted by Gasteiger charge is -2.32. The van der Waals surface area contributed by atoms with Gasteiger partial charge in [0.2, 0.25) is 0 Å². The van der Waals surface area contributed by atoms with E-state index < -0.39 is 0 Å². The van der Waals surface area contributed by atoms with E-state index in [2.05, 4.69) is 41.5 Å². The molecule has 1 aliphatic rings. The molecule has 0 aromatic heterocycles. The van der Waals surface area contributed by atoms with Crippen molar-refractivity contribution in [3.8, 4) is 34.5 Å². The Balaban J connectivity index is 2.30. The molecule has 0 fully saturated rings. The molecule has 0 atom stereocenters. The van der Waals surface area contributed by atoms with Crippen molar-refractivity contribution >= 4 is 0 Å². The normalized spacial score (nSPS) is 12.1. The number of rotatable bonds is 30. The Morgan fingerprint density at radius 3 is 0.731 bits per heavy atom. The van der Waals surface area contributed by atoms with Crippen molar-refractivity contribution in [2.24, 2.45) is 0 Å². The zero-order valence-corrected chi connectivity index (χ0v) is 34.9. The van der Waals surface area contributed by atoms with E-state index in [1.165, 1.54) is 101 Å². The monoisotopic (exact) mass is 721 g/mol. The predicted octanol–water partition coefficient (Wildman–Crippen LogP) is 15.7. The topological polar surface area (TPSA) is 58.9 Å². The van der Waals surface area contributed by atoms with Gasteiger partial charge in [0.1, 0.15) is 0 Å². The number of phenols is 2. The van der Waals surface area contributed by atoms with Crippen LogP contribution in [0.25, 0.3) is 0 Å². The van der Waals surface area contributed by atoms with Crippen molar-refractivity contribution in [2.45, 2.75) is 234 Å². The maximum absolute atomic E-state index is 11.7. The average molecular weight is 721 g/mol. The van der Waals surface area contributed by atoms with E-state index in [1.54, 1.807) is 11.1 Å². The molecule has 0 bridgehead atoms. The summed E-state index contributed by atoms with van der Waals surface area (Å²) < 4.78 is 14.6. The molecule has 4 nitrogen and oxygen atoms in total. The molecule has 2 aromatic carbocycles. The number of ether oxygens (including phenoxy) is 2. The summed E-state index contributed by atoms with van der Waals surface area (Å²) in [6.45, 7) is 13.7. The van der Waals surface area contributed by atoms with Crippen LogP contribution in [0.4, 0.5) is 0 Å². The molecule has 3 rings (SSSR count). The molecule has 2 N–H and O–H groups in total. The zero-order valence-electron chi connectivity index (χ0n) is 34.9. The van der Waals surface area contributed by atoms with Crippen molar-refractivity contribution in [3.63, 3.8) is 0 Å². The minimum absolute atomic E-state index is 0.00408. The van der Waals surface area contributed by atoms with Gasteiger partial charge in [0, 0.05) is 22.3 Å². The van der Waals surface area contributed by atoms with Crippen LogP contribution in [0.1, 0.15) is 229 Å². The Hall–Kier alpha value is -2.36. The van der Waals surface area contributed by atoms with E-state index in [4.69, 9.17) is 9.47 Å². The average Bonchev–Trinajstić information content (AvgIpc) is 3.15. The van der Waals surface area contributed by atoms with Crippen LogP contribution in [0.3, 0.4) is 0 Å². The molecule has 0 saturated carbocycles. The summed E-state index contributed by atoms with van der Waals surface area (Å²) in [5, 5.41) is 23.3. The molecule has 0 radical (unpaired) electrons. The third-order valence-corrected chi connectivity index (χ3v) is 11.5. The molecule has 0 saturated heterocycles. The smallest absolute Gasteiger partial charge is 0.177 e. The summed E-state index contributed by atoms with van der Waals surface area (Å²) in [5.41, 5.74) is 7.28. The van der Waals surface area contributed by atoms with Gasteiger partial charge in [-0.25, -0.2) is 0 Å². The Labute approximate surface area is 320 Å². The predicted molar refractivity (Wildman–Crippen MR) is 223 cm³/mol. The largest absolute Gasteiger partial charge is 0.504 e. The molecule has 1 aliphatic heterocycles. The molecule has 0 unspecified atom stereocenters. The number of fused-ring (bicyclic) bond motifs is 2. The zero-order chi connectivity index (χ0) is 37.6. The van der Waals surface area contributed by atoms with E-state index in [0.29, 0.717) is 24.3 Å². The fourth-order valence-corrected chi connectivity index (χ4v) is 8.29. The lowest BCUT2D eigenvalue weighted by molar-refractivity contribution is 0.327. The lowest BCUT2D eigenvalue weighted by Crippen LogP contribution is -2.15. The van der Waals surface area contributed by atoms with Gasteiger partial charge in [0.25, 0.3) is 0 Å². The summed E-state index contributed by atoms with van der Waals surface area (Å²) in [7, 11) is 0. The Morgan fingerprint density at radius 2 is 0.481 bits per heavy atom. The van der Waals surface area contributed by atoms with E-state index in [-0.39, 0.29) is 11.5 Å². The van der Waals surface area contributed by atoms with Gasteiger partial charge in [0.05, 0.1) is 0 Å². The summed E-state index contributed by atoms with van der Waals surface area (Å²) in [5.74, 6) is 3.20. The second-order valence-corrected chi connectivity index (χ2v) is 16.0. The van der Waals surface area contributed by atoms with Gasteiger partial charge in [0.15, 0.2) is 34.5 Å². The van der Waals surface area contributed by atoms with Gasteiger partial charge in [-0.1, -0.05) is 157 Å².